The molecule has 1 amide bonds. The molecule has 10 heteroatoms. The van der Waals surface area contributed by atoms with Crippen molar-refractivity contribution in [1.29, 1.82) is 0 Å². The Morgan fingerprint density at radius 3 is 2.97 bits per heavy atom. The van der Waals surface area contributed by atoms with Crippen molar-refractivity contribution in [3.05, 3.63) is 48.0 Å². The number of hydrogen-bond donors (Lipinski definition) is 2. The summed E-state index contributed by atoms with van der Waals surface area (Å²) < 4.78 is 16.5. The van der Waals surface area contributed by atoms with Crippen molar-refractivity contribution in [2.24, 2.45) is 7.05 Å². The number of hydrogen-bond acceptors (Lipinski definition) is 6. The zero-order valence-corrected chi connectivity index (χ0v) is 18.0. The van der Waals surface area contributed by atoms with Gasteiger partial charge in [0, 0.05) is 37.9 Å². The molecule has 0 spiro atoms. The average molecular weight is 440 g/mol. The Morgan fingerprint density at radius 1 is 1.45 bits per heavy atom. The number of carbonyl (C=O) groups excluding carboxylic acids is 1. The van der Waals surface area contributed by atoms with Gasteiger partial charge in [0.05, 0.1) is 24.2 Å². The van der Waals surface area contributed by atoms with Crippen LogP contribution in [0, 0.1) is 13.5 Å². The molecule has 1 saturated heterocycles. The number of alkyl halides is 1. The van der Waals surface area contributed by atoms with Gasteiger partial charge >= 0.3 is 0 Å². The van der Waals surface area contributed by atoms with E-state index in [1.54, 1.807) is 0 Å². The first kappa shape index (κ1) is 20.8. The average Bonchev–Trinajstić information content (AvgIpc) is 3.32. The maximum Gasteiger partial charge on any atom is 0.262 e. The first-order chi connectivity index (χ1) is 14.9. The predicted octanol–water partition coefficient (Wildman–Crippen LogP) is 4.04. The molecule has 4 rings (SSSR count). The lowest BCUT2D eigenvalue weighted by atomic mass is 10.0. The number of aromatic nitrogens is 3. The Balaban J connectivity index is 1.60. The number of carbonyl (C=O) groups is 1. The molecule has 0 bridgehead atoms. The molecule has 2 aromatic heterocycles. The standard InChI is InChI=1S/C21H22FN7OS/c1-5-18(30)26-15-8-16-17(6-12(15)2)28(4)21(27-16)29-10-13(22)7-14(11-29)25-20-24-9-19(23-3)31-20/h5-6,8-9,13-14H,1,7,10-11H2,2,4H3,(H,24,25)(H,26,30)/t13-,14-/m1/s1. The van der Waals surface area contributed by atoms with Crippen molar-refractivity contribution in [3.63, 3.8) is 0 Å². The topological polar surface area (TPSA) is 79.4 Å². The van der Waals surface area contributed by atoms with Gasteiger partial charge in [0.15, 0.2) is 5.13 Å². The van der Waals surface area contributed by atoms with Gasteiger partial charge in [-0.05, 0) is 30.7 Å². The minimum atomic E-state index is -1.02. The maximum atomic E-state index is 14.6. The fourth-order valence-electron chi connectivity index (χ4n) is 3.80. The second kappa shape index (κ2) is 8.35. The number of piperidine rings is 1. The molecule has 0 aliphatic carbocycles. The molecule has 31 heavy (non-hydrogen) atoms. The number of nitrogens with zero attached hydrogens (tertiary/aromatic N) is 5. The number of imidazole rings is 1. The quantitative estimate of drug-likeness (QED) is 0.463. The van der Waals surface area contributed by atoms with Crippen LogP contribution in [-0.4, -0.2) is 45.7 Å². The van der Waals surface area contributed by atoms with E-state index in [-0.39, 0.29) is 18.5 Å². The minimum absolute atomic E-state index is 0.155. The van der Waals surface area contributed by atoms with E-state index in [1.165, 1.54) is 23.6 Å². The molecule has 0 unspecified atom stereocenters. The summed E-state index contributed by atoms with van der Waals surface area (Å²) in [6.07, 6.45) is 2.09. The van der Waals surface area contributed by atoms with Gasteiger partial charge in [0.2, 0.25) is 11.9 Å². The smallest absolute Gasteiger partial charge is 0.262 e. The number of halogens is 1. The first-order valence-corrected chi connectivity index (χ1v) is 10.6. The van der Waals surface area contributed by atoms with Crippen LogP contribution in [0.15, 0.2) is 31.0 Å². The number of rotatable bonds is 5. The lowest BCUT2D eigenvalue weighted by Gasteiger charge is -2.35. The van der Waals surface area contributed by atoms with Crippen molar-refractivity contribution < 1.29 is 9.18 Å². The Kier molecular flexibility index (Phi) is 5.61. The van der Waals surface area contributed by atoms with Gasteiger partial charge in [0.25, 0.3) is 5.00 Å². The lowest BCUT2D eigenvalue weighted by Crippen LogP contribution is -2.48. The van der Waals surface area contributed by atoms with E-state index in [4.69, 9.17) is 11.6 Å². The van der Waals surface area contributed by atoms with Crippen molar-refractivity contribution >= 4 is 50.0 Å². The van der Waals surface area contributed by atoms with Gasteiger partial charge in [-0.1, -0.05) is 6.58 Å². The van der Waals surface area contributed by atoms with Crippen LogP contribution in [0.4, 0.5) is 26.2 Å². The summed E-state index contributed by atoms with van der Waals surface area (Å²) in [5.74, 6) is 0.379. The first-order valence-electron chi connectivity index (χ1n) is 9.77. The Hall–Kier alpha value is -3.45. The van der Waals surface area contributed by atoms with Gasteiger partial charge in [-0.15, -0.1) is 11.3 Å². The zero-order chi connectivity index (χ0) is 22.1. The van der Waals surface area contributed by atoms with Crippen molar-refractivity contribution in [2.75, 3.05) is 28.6 Å². The van der Waals surface area contributed by atoms with Gasteiger partial charge in [-0.3, -0.25) is 4.79 Å². The highest BCUT2D eigenvalue weighted by molar-refractivity contribution is 7.19. The van der Waals surface area contributed by atoms with Gasteiger partial charge < -0.3 is 20.1 Å². The summed E-state index contributed by atoms with van der Waals surface area (Å²) in [5, 5.41) is 7.16. The Morgan fingerprint density at radius 2 is 2.26 bits per heavy atom. The van der Waals surface area contributed by atoms with Gasteiger partial charge in [-0.25, -0.2) is 19.2 Å². The van der Waals surface area contributed by atoms with Crippen LogP contribution in [0.25, 0.3) is 15.9 Å². The lowest BCUT2D eigenvalue weighted by molar-refractivity contribution is -0.111. The SMILES string of the molecule is [C-]#[N+]c1cnc(N[C@@H]2C[C@@H](F)CN(c3nc4cc(NC(=O)C=C)c(C)cc4n3C)C2)s1. The third-order valence-corrected chi connectivity index (χ3v) is 6.08. The monoisotopic (exact) mass is 439 g/mol. The van der Waals surface area contributed by atoms with Crippen LogP contribution in [0.1, 0.15) is 12.0 Å². The van der Waals surface area contributed by atoms with Crippen LogP contribution in [-0.2, 0) is 11.8 Å². The summed E-state index contributed by atoms with van der Waals surface area (Å²) in [6, 6.07) is 3.62. The van der Waals surface area contributed by atoms with E-state index in [0.29, 0.717) is 34.7 Å². The van der Waals surface area contributed by atoms with Gasteiger partial charge in [0.1, 0.15) is 6.17 Å². The van der Waals surface area contributed by atoms with Crippen LogP contribution >= 0.6 is 11.3 Å². The number of nitrogens with one attached hydrogen (secondary N) is 2. The predicted molar refractivity (Wildman–Crippen MR) is 122 cm³/mol. The maximum absolute atomic E-state index is 14.6. The molecule has 2 N–H and O–H groups in total. The zero-order valence-electron chi connectivity index (χ0n) is 17.2. The van der Waals surface area contributed by atoms with E-state index in [1.807, 2.05) is 35.6 Å². The fourth-order valence-corrected chi connectivity index (χ4v) is 4.48. The molecule has 0 radical (unpaired) electrons. The van der Waals surface area contributed by atoms with E-state index >= 15 is 0 Å². The van der Waals surface area contributed by atoms with Crippen LogP contribution in [0.5, 0.6) is 0 Å². The molecular weight excluding hydrogens is 417 g/mol. The number of anilines is 3. The second-order valence-electron chi connectivity index (χ2n) is 7.51. The number of thiazole rings is 1. The molecule has 2 atom stereocenters. The van der Waals surface area contributed by atoms with Crippen molar-refractivity contribution in [1.82, 2.24) is 14.5 Å². The van der Waals surface area contributed by atoms with E-state index in [9.17, 15) is 9.18 Å². The molecule has 1 aliphatic heterocycles. The van der Waals surface area contributed by atoms with Crippen LogP contribution in [0.3, 0.4) is 0 Å². The highest BCUT2D eigenvalue weighted by Crippen LogP contribution is 2.31. The summed E-state index contributed by atoms with van der Waals surface area (Å²) in [7, 11) is 1.90. The highest BCUT2D eigenvalue weighted by atomic mass is 32.1. The second-order valence-corrected chi connectivity index (χ2v) is 8.52. The van der Waals surface area contributed by atoms with Crippen molar-refractivity contribution in [3.8, 4) is 0 Å². The number of benzene rings is 1. The van der Waals surface area contributed by atoms with Gasteiger partial charge in [-0.2, -0.15) is 0 Å². The third-order valence-electron chi connectivity index (χ3n) is 5.26. The number of fused-ring (bicyclic) bond motifs is 1. The summed E-state index contributed by atoms with van der Waals surface area (Å²) >= 11 is 1.26. The molecule has 1 aliphatic rings. The van der Waals surface area contributed by atoms with E-state index < -0.39 is 6.17 Å². The summed E-state index contributed by atoms with van der Waals surface area (Å²) in [6.45, 7) is 13.3. The number of aryl methyl sites for hydroxylation is 2. The molecule has 1 aromatic carbocycles. The molecule has 3 heterocycles. The summed E-state index contributed by atoms with van der Waals surface area (Å²) in [5.41, 5.74) is 3.19. The molecule has 0 saturated carbocycles. The fraction of sp³-hybridized carbons (Fsp3) is 0.333. The number of amides is 1. The molecule has 160 valence electrons. The van der Waals surface area contributed by atoms with Crippen LogP contribution < -0.4 is 15.5 Å². The minimum Gasteiger partial charge on any atom is -0.358 e. The summed E-state index contributed by atoms with van der Waals surface area (Å²) in [4.78, 5) is 25.9. The van der Waals surface area contributed by atoms with Crippen LogP contribution in [0.2, 0.25) is 0 Å². The van der Waals surface area contributed by atoms with Crippen molar-refractivity contribution in [2.45, 2.75) is 25.6 Å². The molecule has 8 nitrogen and oxygen atoms in total. The molecular formula is C21H22FN7OS. The largest absolute Gasteiger partial charge is 0.358 e. The highest BCUT2D eigenvalue weighted by Gasteiger charge is 2.30. The molecule has 3 aromatic rings. The normalized spacial score (nSPS) is 18.6. The third kappa shape index (κ3) is 4.22. The van der Waals surface area contributed by atoms with E-state index in [2.05, 4.69) is 27.0 Å². The Bertz CT molecular complexity index is 1190. The Labute approximate surface area is 183 Å². The molecule has 1 fully saturated rings. The van der Waals surface area contributed by atoms with E-state index in [0.717, 1.165) is 16.6 Å².